The summed E-state index contributed by atoms with van der Waals surface area (Å²) in [4.78, 5) is 14.9. The number of hydrogen-bond acceptors (Lipinski definition) is 10. The topological polar surface area (TPSA) is 160 Å². The number of nitrogens with zero attached hydrogens (tertiary/aromatic N) is 1. The minimum Gasteiger partial charge on any atom is -0.453 e. The number of carbonyl (C=O) groups is 1. The number of fused-ring (bicyclic) bond motifs is 5. The molecule has 1 spiro atoms. The van der Waals surface area contributed by atoms with Crippen LogP contribution in [0.3, 0.4) is 0 Å². The minimum absolute atomic E-state index is 0. The number of aliphatic hydroxyl groups is 6. The van der Waals surface area contributed by atoms with Gasteiger partial charge in [0.1, 0.15) is 22.4 Å². The lowest BCUT2D eigenvalue weighted by Gasteiger charge is -2.68. The number of halogens is 1. The fourth-order valence-corrected chi connectivity index (χ4v) is 11.8. The van der Waals surface area contributed by atoms with Crippen LogP contribution in [0.5, 0.6) is 0 Å². The molecule has 7 aliphatic rings. The lowest BCUT2D eigenvalue weighted by Crippen LogP contribution is -2.85. The van der Waals surface area contributed by atoms with Gasteiger partial charge in [-0.2, -0.15) is 0 Å². The van der Waals surface area contributed by atoms with Gasteiger partial charge in [-0.25, -0.2) is 4.79 Å². The molecule has 43 heavy (non-hydrogen) atoms. The molecule has 11 heteroatoms. The zero-order valence-corrected chi connectivity index (χ0v) is 26.8. The lowest BCUT2D eigenvalue weighted by molar-refractivity contribution is -0.354. The molecule has 4 bridgehead atoms. The highest BCUT2D eigenvalue weighted by molar-refractivity contribution is 5.87. The second-order valence-corrected chi connectivity index (χ2v) is 15.7. The van der Waals surface area contributed by atoms with Crippen LogP contribution < -0.4 is 0 Å². The van der Waals surface area contributed by atoms with Gasteiger partial charge in [0, 0.05) is 60.7 Å². The molecule has 0 radical (unpaired) electrons. The molecular weight excluding hydrogens is 578 g/mol. The average molecular weight is 628 g/mol. The number of allylic oxidation sites excluding steroid dienone is 1. The maximum atomic E-state index is 12.9. The third-order valence-electron chi connectivity index (χ3n) is 14.1. The van der Waals surface area contributed by atoms with Crippen LogP contribution in [0.1, 0.15) is 86.0 Å². The highest BCUT2D eigenvalue weighted by atomic mass is 35.5. The molecule has 4 aliphatic carbocycles. The van der Waals surface area contributed by atoms with Crippen LogP contribution in [0.25, 0.3) is 0 Å². The van der Waals surface area contributed by atoms with Crippen LogP contribution in [-0.2, 0) is 14.3 Å². The zero-order valence-electron chi connectivity index (χ0n) is 26.0. The summed E-state index contributed by atoms with van der Waals surface area (Å²) in [6.45, 7) is 10.1. The van der Waals surface area contributed by atoms with Crippen molar-refractivity contribution in [3.63, 3.8) is 0 Å². The van der Waals surface area contributed by atoms with Gasteiger partial charge in [0.2, 0.25) is 5.79 Å². The lowest BCUT2D eigenvalue weighted by atomic mass is 9.49. The van der Waals surface area contributed by atoms with Crippen molar-refractivity contribution >= 4 is 18.4 Å². The summed E-state index contributed by atoms with van der Waals surface area (Å²) in [5.41, 5.74) is -8.96. The highest BCUT2D eigenvalue weighted by Crippen LogP contribution is 2.78. The van der Waals surface area contributed by atoms with Gasteiger partial charge in [-0.1, -0.05) is 19.9 Å². The number of ether oxygens (including phenoxy) is 2. The number of rotatable bonds is 2. The SMILES string of the molecule is CC=C(C)C(=O)OC1CCC2(C)C3CCC4C5(O)CC(O)C6(O)C(CN7CC(C)CCC7C6(C)O)C5(O)CC42OC13O.Cl. The Balaban J connectivity index is 0.00000329. The smallest absolute Gasteiger partial charge is 0.333 e. The van der Waals surface area contributed by atoms with E-state index >= 15 is 0 Å². The molecule has 7 rings (SSSR count). The Labute approximate surface area is 259 Å². The first-order valence-corrected chi connectivity index (χ1v) is 16.0. The van der Waals surface area contributed by atoms with Crippen molar-refractivity contribution in [3.05, 3.63) is 11.6 Å². The molecule has 0 aromatic heterocycles. The van der Waals surface area contributed by atoms with E-state index in [9.17, 15) is 35.4 Å². The van der Waals surface area contributed by atoms with Gasteiger partial charge in [0.15, 0.2) is 6.10 Å². The van der Waals surface area contributed by atoms with Gasteiger partial charge in [-0.05, 0) is 65.2 Å². The standard InChI is InChI=1S/C32H49NO9.ClH/c1-6-18(3)25(35)41-24-11-12-26(4)19-8-9-20-28(37)13-23(34)31(39)21(29(28,38)16-30(20,26)42-32(19,24)40)15-33-14-17(2)7-10-22(33)27(31,5)36;/h6,17,19-24,34,36-40H,7-16H2,1-5H3;1H. The van der Waals surface area contributed by atoms with Crippen molar-refractivity contribution < 1.29 is 44.9 Å². The number of piperidine rings is 2. The van der Waals surface area contributed by atoms with Crippen LogP contribution >= 0.6 is 12.4 Å². The minimum atomic E-state index is -2.06. The Hall–Kier alpha value is -0.820. The summed E-state index contributed by atoms with van der Waals surface area (Å²) >= 11 is 0. The Morgan fingerprint density at radius 2 is 1.63 bits per heavy atom. The van der Waals surface area contributed by atoms with Gasteiger partial charge in [0.25, 0.3) is 0 Å². The van der Waals surface area contributed by atoms with Gasteiger partial charge in [0.05, 0.1) is 11.7 Å². The molecule has 10 nitrogen and oxygen atoms in total. The third kappa shape index (κ3) is 3.46. The molecule has 14 unspecified atom stereocenters. The van der Waals surface area contributed by atoms with Gasteiger partial charge < -0.3 is 40.1 Å². The molecule has 6 N–H and O–H groups in total. The van der Waals surface area contributed by atoms with Crippen LogP contribution in [0.4, 0.5) is 0 Å². The average Bonchev–Trinajstić information content (AvgIpc) is 3.09. The fraction of sp³-hybridized carbons (Fsp3) is 0.906. The van der Waals surface area contributed by atoms with E-state index < -0.39 is 75.1 Å². The quantitative estimate of drug-likeness (QED) is 0.195. The zero-order chi connectivity index (χ0) is 30.5. The summed E-state index contributed by atoms with van der Waals surface area (Å²) < 4.78 is 12.6. The Morgan fingerprint density at radius 1 is 0.953 bits per heavy atom. The first-order chi connectivity index (χ1) is 19.5. The third-order valence-corrected chi connectivity index (χ3v) is 14.1. The van der Waals surface area contributed by atoms with Crippen molar-refractivity contribution in [2.45, 2.75) is 138 Å². The summed E-state index contributed by atoms with van der Waals surface area (Å²) in [6, 6.07) is -0.387. The monoisotopic (exact) mass is 627 g/mol. The second-order valence-electron chi connectivity index (χ2n) is 15.7. The van der Waals surface area contributed by atoms with Crippen LogP contribution in [-0.4, -0.2) is 107 Å². The van der Waals surface area contributed by atoms with Crippen molar-refractivity contribution in [2.24, 2.45) is 29.1 Å². The number of carbonyl (C=O) groups excluding carboxylic acids is 1. The molecule has 7 fully saturated rings. The summed E-state index contributed by atoms with van der Waals surface area (Å²) in [7, 11) is 0. The van der Waals surface area contributed by atoms with Crippen LogP contribution in [0, 0.1) is 29.1 Å². The largest absolute Gasteiger partial charge is 0.453 e. The molecule has 4 saturated carbocycles. The van der Waals surface area contributed by atoms with Gasteiger partial charge in [-0.15, -0.1) is 12.4 Å². The van der Waals surface area contributed by atoms with E-state index in [1.54, 1.807) is 26.8 Å². The molecule has 244 valence electrons. The van der Waals surface area contributed by atoms with Crippen molar-refractivity contribution in [1.82, 2.24) is 4.90 Å². The van der Waals surface area contributed by atoms with Crippen molar-refractivity contribution in [1.29, 1.82) is 0 Å². The van der Waals surface area contributed by atoms with Gasteiger partial charge in [-0.3, -0.25) is 4.90 Å². The summed E-state index contributed by atoms with van der Waals surface area (Å²) in [6.07, 6.45) is 2.30. The highest BCUT2D eigenvalue weighted by Gasteiger charge is 2.88. The molecular formula is C32H50ClNO9. The molecule has 14 atom stereocenters. The maximum absolute atomic E-state index is 12.9. The predicted octanol–water partition coefficient (Wildman–Crippen LogP) is 1.41. The van der Waals surface area contributed by atoms with Crippen molar-refractivity contribution in [3.8, 4) is 0 Å². The molecule has 3 heterocycles. The van der Waals surface area contributed by atoms with E-state index in [1.165, 1.54) is 0 Å². The van der Waals surface area contributed by atoms with E-state index in [4.69, 9.17) is 9.47 Å². The first kappa shape index (κ1) is 32.1. The number of hydrogen-bond donors (Lipinski definition) is 6. The van der Waals surface area contributed by atoms with Crippen LogP contribution in [0.2, 0.25) is 0 Å². The summed E-state index contributed by atoms with van der Waals surface area (Å²) in [5, 5.41) is 73.9. The van der Waals surface area contributed by atoms with Crippen molar-refractivity contribution in [2.75, 3.05) is 13.1 Å². The molecule has 0 amide bonds. The Morgan fingerprint density at radius 3 is 2.30 bits per heavy atom. The van der Waals surface area contributed by atoms with E-state index in [2.05, 4.69) is 11.8 Å². The van der Waals surface area contributed by atoms with Crippen LogP contribution in [0.15, 0.2) is 11.6 Å². The fourth-order valence-electron chi connectivity index (χ4n) is 11.8. The van der Waals surface area contributed by atoms with E-state index in [1.807, 2.05) is 6.92 Å². The molecule has 3 saturated heterocycles. The molecule has 0 aromatic rings. The number of esters is 1. The predicted molar refractivity (Wildman–Crippen MR) is 157 cm³/mol. The molecule has 3 aliphatic heterocycles. The number of aliphatic hydroxyl groups excluding tert-OH is 1. The second kappa shape index (κ2) is 9.38. The molecule has 0 aromatic carbocycles. The Kier molecular flexibility index (Phi) is 7.01. The summed E-state index contributed by atoms with van der Waals surface area (Å²) in [5.74, 6) is -4.05. The maximum Gasteiger partial charge on any atom is 0.333 e. The van der Waals surface area contributed by atoms with Gasteiger partial charge >= 0.3 is 5.97 Å². The van der Waals surface area contributed by atoms with E-state index in [0.717, 1.165) is 6.42 Å². The Bertz CT molecular complexity index is 1230. The normalized spacial score (nSPS) is 58.9. The van der Waals surface area contributed by atoms with E-state index in [0.29, 0.717) is 50.1 Å². The first-order valence-electron chi connectivity index (χ1n) is 16.0. The van der Waals surface area contributed by atoms with E-state index in [-0.39, 0.29) is 37.8 Å².